The fraction of sp³-hybridized carbons (Fsp3) is 0.167. The van der Waals surface area contributed by atoms with Crippen molar-refractivity contribution in [3.8, 4) is 0 Å². The number of aromatic nitrogens is 4. The van der Waals surface area contributed by atoms with Crippen LogP contribution in [-0.2, 0) is 24.3 Å². The minimum Gasteiger partial charge on any atom is -0.352 e. The zero-order valence-electron chi connectivity index (χ0n) is 13.5. The standard InChI is InChI=1S/C18H17N5OS/c24-17(10-16-13-22-8-9-25-18(22)21-16)19-11-14-4-1-2-5-15(14)12-23-7-3-6-20-23/h1-9,13H,10-12H2,(H,19,24). The van der Waals surface area contributed by atoms with Gasteiger partial charge in [0.2, 0.25) is 5.91 Å². The second-order valence-corrected chi connectivity index (χ2v) is 6.62. The molecule has 0 fully saturated rings. The Morgan fingerprint density at radius 2 is 2.04 bits per heavy atom. The van der Waals surface area contributed by atoms with Crippen LogP contribution in [0, 0.1) is 0 Å². The van der Waals surface area contributed by atoms with Gasteiger partial charge in [-0.2, -0.15) is 5.10 Å². The molecule has 7 heteroatoms. The van der Waals surface area contributed by atoms with E-state index in [0.29, 0.717) is 13.1 Å². The molecule has 0 saturated carbocycles. The smallest absolute Gasteiger partial charge is 0.226 e. The highest BCUT2D eigenvalue weighted by Crippen LogP contribution is 2.12. The summed E-state index contributed by atoms with van der Waals surface area (Å²) in [5.41, 5.74) is 3.03. The molecule has 0 aliphatic carbocycles. The molecule has 25 heavy (non-hydrogen) atoms. The van der Waals surface area contributed by atoms with E-state index in [4.69, 9.17) is 0 Å². The van der Waals surface area contributed by atoms with Crippen LogP contribution in [0.25, 0.3) is 4.96 Å². The van der Waals surface area contributed by atoms with Crippen molar-refractivity contribution in [3.63, 3.8) is 0 Å². The third-order valence-electron chi connectivity index (χ3n) is 3.97. The Morgan fingerprint density at radius 1 is 1.16 bits per heavy atom. The van der Waals surface area contributed by atoms with Crippen LogP contribution in [-0.4, -0.2) is 25.1 Å². The largest absolute Gasteiger partial charge is 0.352 e. The van der Waals surface area contributed by atoms with Crippen LogP contribution in [0.15, 0.2) is 60.5 Å². The first-order valence-corrected chi connectivity index (χ1v) is 8.88. The Bertz CT molecular complexity index is 957. The number of imidazole rings is 1. The van der Waals surface area contributed by atoms with Crippen molar-refractivity contribution >= 4 is 22.2 Å². The third-order valence-corrected chi connectivity index (χ3v) is 4.74. The maximum Gasteiger partial charge on any atom is 0.226 e. The van der Waals surface area contributed by atoms with E-state index < -0.39 is 0 Å². The van der Waals surface area contributed by atoms with Gasteiger partial charge in [0.15, 0.2) is 4.96 Å². The van der Waals surface area contributed by atoms with Gasteiger partial charge in [0.05, 0.1) is 18.7 Å². The van der Waals surface area contributed by atoms with Crippen LogP contribution < -0.4 is 5.32 Å². The summed E-state index contributed by atoms with van der Waals surface area (Å²) < 4.78 is 3.81. The first-order valence-electron chi connectivity index (χ1n) is 8.00. The van der Waals surface area contributed by atoms with E-state index in [2.05, 4.69) is 21.5 Å². The van der Waals surface area contributed by atoms with E-state index in [9.17, 15) is 4.79 Å². The van der Waals surface area contributed by atoms with Gasteiger partial charge in [0.1, 0.15) is 0 Å². The maximum atomic E-state index is 12.2. The summed E-state index contributed by atoms with van der Waals surface area (Å²) in [4.78, 5) is 17.6. The minimum absolute atomic E-state index is 0.0281. The van der Waals surface area contributed by atoms with Crippen LogP contribution >= 0.6 is 11.3 Å². The number of fused-ring (bicyclic) bond motifs is 1. The van der Waals surface area contributed by atoms with Gasteiger partial charge in [-0.1, -0.05) is 24.3 Å². The van der Waals surface area contributed by atoms with Crippen LogP contribution in [0.3, 0.4) is 0 Å². The molecule has 0 aliphatic rings. The lowest BCUT2D eigenvalue weighted by atomic mass is 10.1. The number of nitrogens with zero attached hydrogens (tertiary/aromatic N) is 4. The minimum atomic E-state index is -0.0281. The average molecular weight is 351 g/mol. The van der Waals surface area contributed by atoms with E-state index in [1.807, 2.05) is 57.3 Å². The average Bonchev–Trinajstić information content (AvgIpc) is 3.32. The Morgan fingerprint density at radius 3 is 2.84 bits per heavy atom. The van der Waals surface area contributed by atoms with E-state index >= 15 is 0 Å². The molecule has 0 saturated heterocycles. The molecule has 1 N–H and O–H groups in total. The molecule has 3 aromatic heterocycles. The first-order chi connectivity index (χ1) is 12.3. The van der Waals surface area contributed by atoms with Gasteiger partial charge in [-0.05, 0) is 17.2 Å². The summed E-state index contributed by atoms with van der Waals surface area (Å²) in [6, 6.07) is 9.98. The van der Waals surface area contributed by atoms with Gasteiger partial charge < -0.3 is 5.32 Å². The van der Waals surface area contributed by atoms with Crippen molar-refractivity contribution in [2.45, 2.75) is 19.5 Å². The summed E-state index contributed by atoms with van der Waals surface area (Å²) in [6.45, 7) is 1.19. The summed E-state index contributed by atoms with van der Waals surface area (Å²) in [5, 5.41) is 9.20. The number of thiazole rings is 1. The predicted molar refractivity (Wildman–Crippen MR) is 96.4 cm³/mol. The van der Waals surface area contributed by atoms with Crippen molar-refractivity contribution in [1.29, 1.82) is 0 Å². The number of carbonyl (C=O) groups excluding carboxylic acids is 1. The molecule has 1 aromatic carbocycles. The lowest BCUT2D eigenvalue weighted by Crippen LogP contribution is -2.25. The molecular formula is C18H17N5OS. The predicted octanol–water partition coefficient (Wildman–Crippen LogP) is 2.50. The number of nitrogens with one attached hydrogen (secondary N) is 1. The topological polar surface area (TPSA) is 64.2 Å². The summed E-state index contributed by atoms with van der Waals surface area (Å²) >= 11 is 1.56. The number of carbonyl (C=O) groups is 1. The van der Waals surface area contributed by atoms with Gasteiger partial charge in [0.25, 0.3) is 0 Å². The summed E-state index contributed by atoms with van der Waals surface area (Å²) in [6.07, 6.45) is 7.83. The van der Waals surface area contributed by atoms with Crippen molar-refractivity contribution in [2.75, 3.05) is 0 Å². The number of hydrogen-bond donors (Lipinski definition) is 1. The van der Waals surface area contributed by atoms with E-state index in [1.54, 1.807) is 17.5 Å². The highest BCUT2D eigenvalue weighted by molar-refractivity contribution is 7.15. The van der Waals surface area contributed by atoms with Crippen LogP contribution in [0.4, 0.5) is 0 Å². The highest BCUT2D eigenvalue weighted by atomic mass is 32.1. The monoisotopic (exact) mass is 351 g/mol. The molecule has 0 radical (unpaired) electrons. The Balaban J connectivity index is 1.39. The zero-order chi connectivity index (χ0) is 17.1. The molecule has 126 valence electrons. The van der Waals surface area contributed by atoms with Gasteiger partial charge in [-0.15, -0.1) is 11.3 Å². The number of benzene rings is 1. The molecule has 0 spiro atoms. The van der Waals surface area contributed by atoms with Crippen LogP contribution in [0.5, 0.6) is 0 Å². The second-order valence-electron chi connectivity index (χ2n) is 5.75. The lowest BCUT2D eigenvalue weighted by molar-refractivity contribution is -0.120. The third kappa shape index (κ3) is 3.61. The lowest BCUT2D eigenvalue weighted by Gasteiger charge is -2.10. The Hall–Kier alpha value is -2.93. The normalized spacial score (nSPS) is 11.0. The van der Waals surface area contributed by atoms with Gasteiger partial charge in [-0.25, -0.2) is 4.98 Å². The Kier molecular flexibility index (Phi) is 4.30. The fourth-order valence-corrected chi connectivity index (χ4v) is 3.45. The molecule has 4 aromatic rings. The van der Waals surface area contributed by atoms with Crippen molar-refractivity contribution < 1.29 is 4.79 Å². The quantitative estimate of drug-likeness (QED) is 0.580. The van der Waals surface area contributed by atoms with Gasteiger partial charge in [-0.3, -0.25) is 13.9 Å². The molecule has 0 aliphatic heterocycles. The maximum absolute atomic E-state index is 12.2. The van der Waals surface area contributed by atoms with Gasteiger partial charge in [0, 0.05) is 36.7 Å². The van der Waals surface area contributed by atoms with Crippen molar-refractivity contribution in [3.05, 3.63) is 77.3 Å². The van der Waals surface area contributed by atoms with Crippen molar-refractivity contribution in [1.82, 2.24) is 24.5 Å². The number of amides is 1. The SMILES string of the molecule is O=C(Cc1cn2ccsc2n1)NCc1ccccc1Cn1cccn1. The van der Waals surface area contributed by atoms with E-state index in [1.165, 1.54) is 0 Å². The molecule has 0 bridgehead atoms. The molecule has 0 unspecified atom stereocenters. The fourth-order valence-electron chi connectivity index (χ4n) is 2.73. The van der Waals surface area contributed by atoms with Crippen LogP contribution in [0.2, 0.25) is 0 Å². The molecule has 0 atom stereocenters. The van der Waals surface area contributed by atoms with Crippen molar-refractivity contribution in [2.24, 2.45) is 0 Å². The molecule has 1 amide bonds. The molecular weight excluding hydrogens is 334 g/mol. The summed E-state index contributed by atoms with van der Waals surface area (Å²) in [7, 11) is 0. The number of hydrogen-bond acceptors (Lipinski definition) is 4. The summed E-state index contributed by atoms with van der Waals surface area (Å²) in [5.74, 6) is -0.0281. The van der Waals surface area contributed by atoms with Crippen LogP contribution in [0.1, 0.15) is 16.8 Å². The zero-order valence-corrected chi connectivity index (χ0v) is 14.3. The second kappa shape index (κ2) is 6.90. The van der Waals surface area contributed by atoms with E-state index in [-0.39, 0.29) is 12.3 Å². The highest BCUT2D eigenvalue weighted by Gasteiger charge is 2.09. The van der Waals surface area contributed by atoms with Gasteiger partial charge >= 0.3 is 0 Å². The molecule has 3 heterocycles. The molecule has 6 nitrogen and oxygen atoms in total. The van der Waals surface area contributed by atoms with E-state index in [0.717, 1.165) is 21.8 Å². The number of rotatable bonds is 6. The first kappa shape index (κ1) is 15.6. The Labute approximate surface area is 148 Å². The molecule has 4 rings (SSSR count).